The van der Waals surface area contributed by atoms with Crippen LogP contribution in [0.25, 0.3) is 11.1 Å². The van der Waals surface area contributed by atoms with E-state index in [1.165, 1.54) is 10.5 Å². The summed E-state index contributed by atoms with van der Waals surface area (Å²) in [5.41, 5.74) is 9.10. The van der Waals surface area contributed by atoms with Crippen molar-refractivity contribution in [3.8, 4) is 11.1 Å². The van der Waals surface area contributed by atoms with Crippen molar-refractivity contribution in [2.24, 2.45) is 0 Å². The number of fused-ring (bicyclic) bond motifs is 1. The lowest BCUT2D eigenvalue weighted by Crippen LogP contribution is -1.90. The second-order valence-electron chi connectivity index (χ2n) is 4.06. The lowest BCUT2D eigenvalue weighted by atomic mass is 10.0. The molecular weight excluding hydrogens is 220 g/mol. The third kappa shape index (κ3) is 1.50. The van der Waals surface area contributed by atoms with Crippen LogP contribution >= 0.6 is 11.8 Å². The highest BCUT2D eigenvalue weighted by atomic mass is 32.2. The Morgan fingerprint density at radius 1 is 1.50 bits per heavy atom. The van der Waals surface area contributed by atoms with Crippen molar-refractivity contribution < 1.29 is 4.52 Å². The Hall–Kier alpha value is -1.42. The molecule has 0 radical (unpaired) electrons. The Labute approximate surface area is 98.0 Å². The van der Waals surface area contributed by atoms with Crippen LogP contribution in [-0.2, 0) is 6.42 Å². The van der Waals surface area contributed by atoms with E-state index in [0.717, 1.165) is 17.5 Å². The molecule has 1 aliphatic rings. The Balaban J connectivity index is 2.06. The average Bonchev–Trinajstić information content (AvgIpc) is 2.81. The Kier molecular flexibility index (Phi) is 2.17. The molecule has 0 aliphatic carbocycles. The van der Waals surface area contributed by atoms with Gasteiger partial charge < -0.3 is 10.3 Å². The number of benzene rings is 1. The minimum Gasteiger partial charge on any atom is -0.367 e. The molecule has 0 spiro atoms. The highest BCUT2D eigenvalue weighted by Crippen LogP contribution is 2.39. The molecule has 4 heteroatoms. The minimum absolute atomic E-state index is 0.385. The summed E-state index contributed by atoms with van der Waals surface area (Å²) in [6, 6.07) is 6.43. The zero-order chi connectivity index (χ0) is 11.1. The van der Waals surface area contributed by atoms with E-state index in [2.05, 4.69) is 30.3 Å². The van der Waals surface area contributed by atoms with Gasteiger partial charge in [-0.2, -0.15) is 0 Å². The number of aromatic nitrogens is 1. The molecule has 3 nitrogen and oxygen atoms in total. The molecule has 0 fully saturated rings. The summed E-state index contributed by atoms with van der Waals surface area (Å²) in [6.45, 7) is 2.25. The van der Waals surface area contributed by atoms with E-state index in [1.54, 1.807) is 6.20 Å². The van der Waals surface area contributed by atoms with E-state index in [4.69, 9.17) is 10.3 Å². The van der Waals surface area contributed by atoms with Gasteiger partial charge in [0.1, 0.15) is 0 Å². The van der Waals surface area contributed by atoms with Crippen LogP contribution in [0.5, 0.6) is 0 Å². The molecule has 2 heterocycles. The number of hydrogen-bond donors (Lipinski definition) is 1. The number of nitrogens with two attached hydrogens (primary N) is 1. The fraction of sp³-hybridized carbons (Fsp3) is 0.250. The minimum atomic E-state index is 0.385. The average molecular weight is 232 g/mol. The van der Waals surface area contributed by atoms with Gasteiger partial charge in [0, 0.05) is 10.1 Å². The fourth-order valence-corrected chi connectivity index (χ4v) is 3.23. The van der Waals surface area contributed by atoms with Crippen LogP contribution < -0.4 is 5.73 Å². The molecule has 0 bridgehead atoms. The molecule has 0 saturated heterocycles. The van der Waals surface area contributed by atoms with E-state index >= 15 is 0 Å². The summed E-state index contributed by atoms with van der Waals surface area (Å²) in [5, 5.41) is 4.37. The van der Waals surface area contributed by atoms with Gasteiger partial charge in [-0.3, -0.25) is 0 Å². The zero-order valence-electron chi connectivity index (χ0n) is 8.93. The maximum Gasteiger partial charge on any atom is 0.229 e. The van der Waals surface area contributed by atoms with Gasteiger partial charge in [-0.05, 0) is 23.6 Å². The van der Waals surface area contributed by atoms with Crippen molar-refractivity contribution in [2.45, 2.75) is 23.5 Å². The van der Waals surface area contributed by atoms with Gasteiger partial charge >= 0.3 is 0 Å². The van der Waals surface area contributed by atoms with Gasteiger partial charge in [-0.15, -0.1) is 11.8 Å². The van der Waals surface area contributed by atoms with Crippen molar-refractivity contribution >= 4 is 17.6 Å². The fourth-order valence-electron chi connectivity index (χ4n) is 2.03. The largest absolute Gasteiger partial charge is 0.367 e. The molecule has 0 amide bonds. The first-order valence-corrected chi connectivity index (χ1v) is 6.12. The number of thioether (sulfide) groups is 1. The molecule has 82 valence electrons. The first-order valence-electron chi connectivity index (χ1n) is 5.24. The van der Waals surface area contributed by atoms with E-state index in [0.29, 0.717) is 11.1 Å². The second-order valence-corrected chi connectivity index (χ2v) is 5.54. The van der Waals surface area contributed by atoms with E-state index in [9.17, 15) is 0 Å². The molecule has 2 N–H and O–H groups in total. The number of nitrogen functional groups attached to an aromatic ring is 1. The van der Waals surface area contributed by atoms with Crippen LogP contribution in [0.2, 0.25) is 0 Å². The van der Waals surface area contributed by atoms with Gasteiger partial charge in [0.15, 0.2) is 0 Å². The molecule has 1 aliphatic heterocycles. The monoisotopic (exact) mass is 232 g/mol. The SMILES string of the molecule is CC1Cc2ccc(-c3cnoc3N)cc2S1. The van der Waals surface area contributed by atoms with Gasteiger partial charge in [0.2, 0.25) is 5.88 Å². The maximum atomic E-state index is 5.71. The van der Waals surface area contributed by atoms with Crippen LogP contribution in [0.15, 0.2) is 33.8 Å². The molecule has 1 unspecified atom stereocenters. The zero-order valence-corrected chi connectivity index (χ0v) is 9.75. The van der Waals surface area contributed by atoms with Gasteiger partial charge in [0.25, 0.3) is 0 Å². The Morgan fingerprint density at radius 2 is 2.38 bits per heavy atom. The highest BCUT2D eigenvalue weighted by Gasteiger charge is 2.19. The Morgan fingerprint density at radius 3 is 3.12 bits per heavy atom. The molecule has 1 aromatic carbocycles. The summed E-state index contributed by atoms with van der Waals surface area (Å²) in [5.74, 6) is 0.385. The van der Waals surface area contributed by atoms with Crippen LogP contribution in [-0.4, -0.2) is 10.4 Å². The quantitative estimate of drug-likeness (QED) is 0.821. The van der Waals surface area contributed by atoms with Gasteiger partial charge in [-0.25, -0.2) is 0 Å². The molecule has 3 rings (SSSR count). The molecule has 1 atom stereocenters. The third-order valence-electron chi connectivity index (χ3n) is 2.81. The maximum absolute atomic E-state index is 5.71. The molecular formula is C12H12N2OS. The van der Waals surface area contributed by atoms with Crippen molar-refractivity contribution in [3.63, 3.8) is 0 Å². The summed E-state index contributed by atoms with van der Waals surface area (Å²) < 4.78 is 4.88. The van der Waals surface area contributed by atoms with Gasteiger partial charge in [0.05, 0.1) is 11.8 Å². The van der Waals surface area contributed by atoms with Crippen LogP contribution in [0.4, 0.5) is 5.88 Å². The van der Waals surface area contributed by atoms with Crippen LogP contribution in [0.3, 0.4) is 0 Å². The lowest BCUT2D eigenvalue weighted by molar-refractivity contribution is 0.436. The van der Waals surface area contributed by atoms with E-state index in [-0.39, 0.29) is 0 Å². The number of hydrogen-bond acceptors (Lipinski definition) is 4. The highest BCUT2D eigenvalue weighted by molar-refractivity contribution is 8.00. The van der Waals surface area contributed by atoms with E-state index < -0.39 is 0 Å². The number of nitrogens with zero attached hydrogens (tertiary/aromatic N) is 1. The summed E-state index contributed by atoms with van der Waals surface area (Å²) in [6.07, 6.45) is 2.82. The van der Waals surface area contributed by atoms with Crippen molar-refractivity contribution in [1.29, 1.82) is 0 Å². The van der Waals surface area contributed by atoms with Crippen molar-refractivity contribution in [3.05, 3.63) is 30.0 Å². The smallest absolute Gasteiger partial charge is 0.229 e. The predicted octanol–water partition coefficient (Wildman–Crippen LogP) is 2.96. The van der Waals surface area contributed by atoms with E-state index in [1.807, 2.05) is 11.8 Å². The van der Waals surface area contributed by atoms with Crippen LogP contribution in [0, 0.1) is 0 Å². The van der Waals surface area contributed by atoms with Crippen molar-refractivity contribution in [2.75, 3.05) is 5.73 Å². The lowest BCUT2D eigenvalue weighted by Gasteiger charge is -2.02. The Bertz CT molecular complexity index is 536. The summed E-state index contributed by atoms with van der Waals surface area (Å²) >= 11 is 1.92. The topological polar surface area (TPSA) is 52.0 Å². The van der Waals surface area contributed by atoms with Crippen LogP contribution in [0.1, 0.15) is 12.5 Å². The number of rotatable bonds is 1. The summed E-state index contributed by atoms with van der Waals surface area (Å²) in [7, 11) is 0. The molecule has 16 heavy (non-hydrogen) atoms. The second kappa shape index (κ2) is 3.56. The van der Waals surface area contributed by atoms with Gasteiger partial charge in [-0.1, -0.05) is 24.2 Å². The standard InChI is InChI=1S/C12H12N2OS/c1-7-4-9-3-2-8(5-11(9)16-7)10-6-14-15-12(10)13/h2-3,5-7H,4,13H2,1H3. The predicted molar refractivity (Wildman–Crippen MR) is 65.4 cm³/mol. The third-order valence-corrected chi connectivity index (χ3v) is 4.02. The number of anilines is 1. The van der Waals surface area contributed by atoms with Crippen molar-refractivity contribution in [1.82, 2.24) is 5.16 Å². The first-order chi connectivity index (χ1) is 7.74. The molecule has 0 saturated carbocycles. The normalized spacial score (nSPS) is 18.7. The summed E-state index contributed by atoms with van der Waals surface area (Å²) in [4.78, 5) is 1.35. The first kappa shape index (κ1) is 9.78. The molecule has 2 aromatic rings. The molecule has 1 aromatic heterocycles.